The lowest BCUT2D eigenvalue weighted by atomic mass is 9.81. The van der Waals surface area contributed by atoms with Crippen molar-refractivity contribution in [2.75, 3.05) is 39.4 Å². The van der Waals surface area contributed by atoms with Gasteiger partial charge in [-0.2, -0.15) is 0 Å². The molecule has 3 aliphatic rings. The van der Waals surface area contributed by atoms with E-state index in [2.05, 4.69) is 4.90 Å². The lowest BCUT2D eigenvalue weighted by Gasteiger charge is -2.33. The highest BCUT2D eigenvalue weighted by Crippen LogP contribution is 2.44. The minimum atomic E-state index is -1.06. The Kier molecular flexibility index (Phi) is 4.63. The molecule has 4 rings (SSSR count). The number of nitrogens with zero attached hydrogens (tertiary/aromatic N) is 2. The first-order valence-corrected chi connectivity index (χ1v) is 9.20. The van der Waals surface area contributed by atoms with Gasteiger partial charge in [0.25, 0.3) is 5.91 Å². The van der Waals surface area contributed by atoms with Crippen molar-refractivity contribution in [1.82, 2.24) is 9.80 Å². The van der Waals surface area contributed by atoms with Crippen molar-refractivity contribution in [2.45, 2.75) is 18.9 Å². The summed E-state index contributed by atoms with van der Waals surface area (Å²) in [4.78, 5) is 28.4. The molecule has 1 N–H and O–H groups in total. The highest BCUT2D eigenvalue weighted by Gasteiger charge is 2.59. The summed E-state index contributed by atoms with van der Waals surface area (Å²) in [6.45, 7) is 2.56. The fourth-order valence-corrected chi connectivity index (χ4v) is 4.72. The molecule has 2 atom stereocenters. The number of ether oxygens (including phenoxy) is 1. The van der Waals surface area contributed by atoms with Crippen molar-refractivity contribution in [3.05, 3.63) is 35.4 Å². The van der Waals surface area contributed by atoms with Gasteiger partial charge >= 0.3 is 5.97 Å². The Bertz CT molecular complexity index is 768. The Labute approximate surface area is 155 Å². The Morgan fingerprint density at radius 1 is 1.15 bits per heavy atom. The number of carboxylic acid groups (broad SMARTS) is 1. The van der Waals surface area contributed by atoms with Gasteiger partial charge in [0.2, 0.25) is 0 Å². The number of halogens is 2. The molecule has 0 radical (unpaired) electrons. The number of carboxylic acids is 1. The molecule has 8 heteroatoms. The van der Waals surface area contributed by atoms with Crippen molar-refractivity contribution < 1.29 is 28.2 Å². The molecule has 0 saturated carbocycles. The molecule has 0 unspecified atom stereocenters. The van der Waals surface area contributed by atoms with E-state index < -0.39 is 28.9 Å². The number of carbonyl (C=O) groups is 2. The number of rotatable bonds is 3. The smallest absolute Gasteiger partial charge is 0.313 e. The summed E-state index contributed by atoms with van der Waals surface area (Å²) < 4.78 is 32.8. The molecular formula is C19H22F2N2O4. The predicted octanol–water partition coefficient (Wildman–Crippen LogP) is 1.60. The average molecular weight is 380 g/mol. The van der Waals surface area contributed by atoms with Crippen LogP contribution in [0.5, 0.6) is 0 Å². The zero-order valence-electron chi connectivity index (χ0n) is 14.9. The predicted molar refractivity (Wildman–Crippen MR) is 91.2 cm³/mol. The van der Waals surface area contributed by atoms with Crippen LogP contribution in [0, 0.1) is 23.0 Å². The van der Waals surface area contributed by atoms with Gasteiger partial charge in [0.1, 0.15) is 17.0 Å². The van der Waals surface area contributed by atoms with Crippen LogP contribution in [0.4, 0.5) is 8.78 Å². The SMILES string of the molecule is O=C(c1cc(F)ccc1F)N1C[C@H]2CN(C3CCOCC3)C[C@@]2(C(=O)O)C1. The molecule has 0 aliphatic carbocycles. The van der Waals surface area contributed by atoms with Crippen molar-refractivity contribution >= 4 is 11.9 Å². The minimum absolute atomic E-state index is 0.0154. The number of carbonyl (C=O) groups excluding carboxylic acids is 1. The van der Waals surface area contributed by atoms with E-state index in [1.54, 1.807) is 0 Å². The number of likely N-dealkylation sites (tertiary alicyclic amines) is 2. The molecule has 0 bridgehead atoms. The van der Waals surface area contributed by atoms with E-state index in [1.807, 2.05) is 0 Å². The van der Waals surface area contributed by atoms with Crippen LogP contribution in [-0.4, -0.2) is 72.2 Å². The maximum Gasteiger partial charge on any atom is 0.313 e. The second kappa shape index (κ2) is 6.83. The standard InChI is InChI=1S/C19H22F2N2O4/c20-13-1-2-16(21)15(7-13)17(24)23-9-12-8-22(14-3-5-27-6-4-14)10-19(12,11-23)18(25)26/h1-2,7,12,14H,3-6,8-11H2,(H,25,26)/t12-,19-/m1/s1. The van der Waals surface area contributed by atoms with Crippen molar-refractivity contribution in [3.8, 4) is 0 Å². The molecule has 3 aliphatic heterocycles. The first-order chi connectivity index (χ1) is 12.9. The minimum Gasteiger partial charge on any atom is -0.481 e. The van der Waals surface area contributed by atoms with Crippen LogP contribution in [0.2, 0.25) is 0 Å². The first kappa shape index (κ1) is 18.3. The molecule has 1 amide bonds. The van der Waals surface area contributed by atoms with Crippen LogP contribution in [0.15, 0.2) is 18.2 Å². The highest BCUT2D eigenvalue weighted by molar-refractivity contribution is 5.95. The Morgan fingerprint density at radius 3 is 2.56 bits per heavy atom. The number of amides is 1. The summed E-state index contributed by atoms with van der Waals surface area (Å²) in [5.41, 5.74) is -1.41. The summed E-state index contributed by atoms with van der Waals surface area (Å²) in [6, 6.07) is 3.03. The molecule has 27 heavy (non-hydrogen) atoms. The molecule has 3 fully saturated rings. The number of hydrogen-bond donors (Lipinski definition) is 1. The first-order valence-electron chi connectivity index (χ1n) is 9.20. The number of aliphatic carboxylic acids is 1. The van der Waals surface area contributed by atoms with E-state index >= 15 is 0 Å². The third kappa shape index (κ3) is 3.10. The summed E-state index contributed by atoms with van der Waals surface area (Å²) in [5, 5.41) is 9.94. The third-order valence-electron chi connectivity index (χ3n) is 6.21. The maximum absolute atomic E-state index is 14.0. The van der Waals surface area contributed by atoms with E-state index in [0.717, 1.165) is 31.0 Å². The zero-order valence-corrected chi connectivity index (χ0v) is 14.9. The number of hydrogen-bond acceptors (Lipinski definition) is 4. The van der Waals surface area contributed by atoms with Crippen LogP contribution in [0.3, 0.4) is 0 Å². The van der Waals surface area contributed by atoms with Gasteiger partial charge in [0.05, 0.1) is 5.56 Å². The third-order valence-corrected chi connectivity index (χ3v) is 6.21. The Hall–Kier alpha value is -2.06. The molecule has 1 aromatic carbocycles. The van der Waals surface area contributed by atoms with Crippen molar-refractivity contribution in [2.24, 2.45) is 11.3 Å². The highest BCUT2D eigenvalue weighted by atomic mass is 19.1. The average Bonchev–Trinajstić information content (AvgIpc) is 3.19. The second-order valence-corrected chi connectivity index (χ2v) is 7.74. The normalized spacial score (nSPS) is 29.1. The Morgan fingerprint density at radius 2 is 1.89 bits per heavy atom. The van der Waals surface area contributed by atoms with E-state index in [9.17, 15) is 23.5 Å². The Balaban J connectivity index is 1.54. The molecule has 146 valence electrons. The lowest BCUT2D eigenvalue weighted by Crippen LogP contribution is -2.45. The van der Waals surface area contributed by atoms with Crippen LogP contribution in [0.1, 0.15) is 23.2 Å². The zero-order chi connectivity index (χ0) is 19.2. The van der Waals surface area contributed by atoms with Crippen LogP contribution < -0.4 is 0 Å². The maximum atomic E-state index is 14.0. The van der Waals surface area contributed by atoms with E-state index in [4.69, 9.17) is 4.74 Å². The summed E-state index contributed by atoms with van der Waals surface area (Å²) in [6.07, 6.45) is 1.75. The second-order valence-electron chi connectivity index (χ2n) is 7.74. The largest absolute Gasteiger partial charge is 0.481 e. The van der Waals surface area contributed by atoms with E-state index in [0.29, 0.717) is 32.3 Å². The molecule has 0 aromatic heterocycles. The molecular weight excluding hydrogens is 358 g/mol. The van der Waals surface area contributed by atoms with Crippen molar-refractivity contribution in [3.63, 3.8) is 0 Å². The van der Waals surface area contributed by atoms with Gasteiger partial charge in [-0.05, 0) is 31.0 Å². The van der Waals surface area contributed by atoms with Gasteiger partial charge in [-0.1, -0.05) is 0 Å². The number of benzene rings is 1. The van der Waals surface area contributed by atoms with Gasteiger partial charge in [0.15, 0.2) is 0 Å². The topological polar surface area (TPSA) is 70.1 Å². The van der Waals surface area contributed by atoms with Crippen molar-refractivity contribution in [1.29, 1.82) is 0 Å². The summed E-state index contributed by atoms with van der Waals surface area (Å²) in [7, 11) is 0. The fraction of sp³-hybridized carbons (Fsp3) is 0.579. The van der Waals surface area contributed by atoms with Crippen LogP contribution >= 0.6 is 0 Å². The van der Waals surface area contributed by atoms with Gasteiger partial charge in [-0.3, -0.25) is 14.5 Å². The van der Waals surface area contributed by atoms with Gasteiger partial charge in [0, 0.05) is 51.4 Å². The molecule has 0 spiro atoms. The van der Waals surface area contributed by atoms with Gasteiger partial charge < -0.3 is 14.7 Å². The fourth-order valence-electron chi connectivity index (χ4n) is 4.72. The molecule has 3 saturated heterocycles. The lowest BCUT2D eigenvalue weighted by molar-refractivity contribution is -0.148. The van der Waals surface area contributed by atoms with Gasteiger partial charge in [-0.15, -0.1) is 0 Å². The quantitative estimate of drug-likeness (QED) is 0.863. The van der Waals surface area contributed by atoms with Crippen LogP contribution in [0.25, 0.3) is 0 Å². The number of fused-ring (bicyclic) bond motifs is 1. The summed E-state index contributed by atoms with van der Waals surface area (Å²) in [5.74, 6) is -3.31. The molecule has 6 nitrogen and oxygen atoms in total. The molecule has 1 aromatic rings. The van der Waals surface area contributed by atoms with E-state index in [-0.39, 0.29) is 24.6 Å². The van der Waals surface area contributed by atoms with E-state index in [1.165, 1.54) is 4.90 Å². The van der Waals surface area contributed by atoms with Gasteiger partial charge in [-0.25, -0.2) is 8.78 Å². The summed E-state index contributed by atoms with van der Waals surface area (Å²) >= 11 is 0. The van der Waals surface area contributed by atoms with Crippen LogP contribution in [-0.2, 0) is 9.53 Å². The monoisotopic (exact) mass is 380 g/mol. The molecule has 3 heterocycles.